The van der Waals surface area contributed by atoms with Gasteiger partial charge in [0.05, 0.1) is 13.1 Å². The Hall–Kier alpha value is -0.500. The molecule has 2 nitrogen and oxygen atoms in total. The van der Waals surface area contributed by atoms with Gasteiger partial charge in [-0.25, -0.2) is 0 Å². The van der Waals surface area contributed by atoms with E-state index in [9.17, 15) is 0 Å². The number of ether oxygens (including phenoxy) is 1. The predicted molar refractivity (Wildman–Crippen MR) is 41.3 cm³/mol. The minimum absolute atomic E-state index is 0.873. The van der Waals surface area contributed by atoms with Crippen molar-refractivity contribution in [3.63, 3.8) is 0 Å². The van der Waals surface area contributed by atoms with E-state index in [4.69, 9.17) is 4.74 Å². The molecule has 1 aliphatic rings. The monoisotopic (exact) mass is 142 g/mol. The van der Waals surface area contributed by atoms with Crippen molar-refractivity contribution in [2.75, 3.05) is 26.2 Å². The summed E-state index contributed by atoms with van der Waals surface area (Å²) in [7, 11) is 0. The molecule has 0 fully saturated rings. The Morgan fingerprint density at radius 1 is 1.40 bits per heavy atom. The molecule has 0 spiro atoms. The van der Waals surface area contributed by atoms with E-state index < -0.39 is 0 Å². The molecule has 0 aromatic rings. The van der Waals surface area contributed by atoms with E-state index in [1.54, 1.807) is 0 Å². The first-order chi connectivity index (χ1) is 4.83. The van der Waals surface area contributed by atoms with Crippen LogP contribution in [0.1, 0.15) is 13.8 Å². The maximum absolute atomic E-state index is 5.13. The summed E-state index contributed by atoms with van der Waals surface area (Å²) in [6.07, 6.45) is 3.99. The molecule has 0 atom stereocenters. The number of likely N-dealkylation sites (N-methyl/N-ethyl adjacent to an activating group) is 1. The van der Waals surface area contributed by atoms with Crippen molar-refractivity contribution in [1.29, 1.82) is 0 Å². The zero-order valence-corrected chi connectivity index (χ0v) is 6.84. The first-order valence-corrected chi connectivity index (χ1v) is 3.98. The average Bonchev–Trinajstić information content (AvgIpc) is 2.06. The van der Waals surface area contributed by atoms with Gasteiger partial charge in [-0.1, -0.05) is 0 Å². The van der Waals surface area contributed by atoms with E-state index in [0.717, 1.165) is 17.6 Å². The first kappa shape index (κ1) is 7.61. The SMILES string of the molecule is CC[N+]1(CC)C=COCC1. The molecular formula is C8H16NO+. The molecule has 0 aromatic carbocycles. The molecule has 0 amide bonds. The van der Waals surface area contributed by atoms with Crippen molar-refractivity contribution in [3.8, 4) is 0 Å². The molecule has 0 aromatic heterocycles. The molecule has 1 heterocycles. The lowest BCUT2D eigenvalue weighted by Gasteiger charge is -2.34. The molecule has 2 heteroatoms. The van der Waals surface area contributed by atoms with Gasteiger partial charge >= 0.3 is 0 Å². The summed E-state index contributed by atoms with van der Waals surface area (Å²) in [5.41, 5.74) is 0. The molecule has 0 aliphatic carbocycles. The highest BCUT2D eigenvalue weighted by Crippen LogP contribution is 2.10. The Bertz CT molecular complexity index is 127. The molecule has 0 bridgehead atoms. The van der Waals surface area contributed by atoms with Crippen LogP contribution in [-0.2, 0) is 4.74 Å². The van der Waals surface area contributed by atoms with Gasteiger partial charge in [-0.2, -0.15) is 0 Å². The quantitative estimate of drug-likeness (QED) is 0.529. The van der Waals surface area contributed by atoms with Crippen LogP contribution < -0.4 is 0 Å². The fourth-order valence-electron chi connectivity index (χ4n) is 1.30. The van der Waals surface area contributed by atoms with Gasteiger partial charge < -0.3 is 4.74 Å². The highest BCUT2D eigenvalue weighted by molar-refractivity contribution is 4.68. The summed E-state index contributed by atoms with van der Waals surface area (Å²) >= 11 is 0. The van der Waals surface area contributed by atoms with Gasteiger partial charge in [0.2, 0.25) is 0 Å². The zero-order valence-electron chi connectivity index (χ0n) is 6.84. The van der Waals surface area contributed by atoms with E-state index in [0.29, 0.717) is 0 Å². The van der Waals surface area contributed by atoms with E-state index in [-0.39, 0.29) is 0 Å². The highest BCUT2D eigenvalue weighted by Gasteiger charge is 2.22. The predicted octanol–water partition coefficient (Wildman–Crippen LogP) is 1.34. The van der Waals surface area contributed by atoms with Crippen molar-refractivity contribution in [2.45, 2.75) is 13.8 Å². The van der Waals surface area contributed by atoms with Gasteiger partial charge in [-0.05, 0) is 13.8 Å². The Labute approximate surface area is 62.7 Å². The smallest absolute Gasteiger partial charge is 0.137 e. The minimum atomic E-state index is 0.873. The van der Waals surface area contributed by atoms with Crippen LogP contribution in [0.2, 0.25) is 0 Å². The summed E-state index contributed by atoms with van der Waals surface area (Å²) < 4.78 is 6.22. The topological polar surface area (TPSA) is 9.23 Å². The second-order valence-electron chi connectivity index (χ2n) is 2.73. The van der Waals surface area contributed by atoms with Crippen molar-refractivity contribution in [1.82, 2.24) is 0 Å². The summed E-state index contributed by atoms with van der Waals surface area (Å²) in [5, 5.41) is 0. The fraction of sp³-hybridized carbons (Fsp3) is 0.750. The third-order valence-corrected chi connectivity index (χ3v) is 2.39. The normalized spacial score (nSPS) is 22.2. The second-order valence-corrected chi connectivity index (χ2v) is 2.73. The van der Waals surface area contributed by atoms with Gasteiger partial charge in [0.15, 0.2) is 0 Å². The second kappa shape index (κ2) is 3.06. The molecule has 58 valence electrons. The van der Waals surface area contributed by atoms with Gasteiger partial charge in [0.1, 0.15) is 25.6 Å². The third kappa shape index (κ3) is 1.32. The minimum Gasteiger partial charge on any atom is -0.490 e. The van der Waals surface area contributed by atoms with Gasteiger partial charge in [-0.15, -0.1) is 0 Å². The fourth-order valence-corrected chi connectivity index (χ4v) is 1.30. The highest BCUT2D eigenvalue weighted by atomic mass is 16.5. The summed E-state index contributed by atoms with van der Waals surface area (Å²) in [6, 6.07) is 0. The number of rotatable bonds is 2. The summed E-state index contributed by atoms with van der Waals surface area (Å²) in [4.78, 5) is 0. The summed E-state index contributed by atoms with van der Waals surface area (Å²) in [5.74, 6) is 0. The van der Waals surface area contributed by atoms with Crippen LogP contribution in [0.25, 0.3) is 0 Å². The number of hydrogen-bond donors (Lipinski definition) is 0. The maximum Gasteiger partial charge on any atom is 0.137 e. The number of hydrogen-bond acceptors (Lipinski definition) is 1. The van der Waals surface area contributed by atoms with E-state index in [1.165, 1.54) is 13.1 Å². The molecule has 0 unspecified atom stereocenters. The lowest BCUT2D eigenvalue weighted by molar-refractivity contribution is -0.879. The van der Waals surface area contributed by atoms with E-state index in [2.05, 4.69) is 20.0 Å². The first-order valence-electron chi connectivity index (χ1n) is 3.98. The van der Waals surface area contributed by atoms with Crippen LogP contribution in [0.5, 0.6) is 0 Å². The van der Waals surface area contributed by atoms with Crippen LogP contribution in [-0.4, -0.2) is 30.7 Å². The molecule has 0 N–H and O–H groups in total. The number of nitrogens with zero attached hydrogens (tertiary/aromatic N) is 1. The molecule has 0 radical (unpaired) electrons. The maximum atomic E-state index is 5.13. The molecule has 1 rings (SSSR count). The molecule has 1 aliphatic heterocycles. The Morgan fingerprint density at radius 2 is 2.10 bits per heavy atom. The Balaban J connectivity index is 2.61. The zero-order chi connectivity index (χ0) is 7.45. The molecular weight excluding hydrogens is 126 g/mol. The lowest BCUT2D eigenvalue weighted by atomic mass is 10.3. The van der Waals surface area contributed by atoms with Crippen LogP contribution >= 0.6 is 0 Å². The van der Waals surface area contributed by atoms with Gasteiger partial charge in [0.25, 0.3) is 0 Å². The third-order valence-electron chi connectivity index (χ3n) is 2.39. The van der Waals surface area contributed by atoms with Crippen molar-refractivity contribution in [3.05, 3.63) is 12.5 Å². The van der Waals surface area contributed by atoms with Gasteiger partial charge in [-0.3, -0.25) is 4.48 Å². The van der Waals surface area contributed by atoms with Gasteiger partial charge in [0, 0.05) is 0 Å². The lowest BCUT2D eigenvalue weighted by Crippen LogP contribution is -2.46. The van der Waals surface area contributed by atoms with Crippen LogP contribution in [0.4, 0.5) is 0 Å². The average molecular weight is 142 g/mol. The number of quaternary nitrogens is 1. The Kier molecular flexibility index (Phi) is 2.33. The molecule has 10 heavy (non-hydrogen) atoms. The van der Waals surface area contributed by atoms with E-state index in [1.807, 2.05) is 6.26 Å². The largest absolute Gasteiger partial charge is 0.490 e. The van der Waals surface area contributed by atoms with Crippen molar-refractivity contribution < 1.29 is 9.22 Å². The Morgan fingerprint density at radius 3 is 2.40 bits per heavy atom. The van der Waals surface area contributed by atoms with Crippen molar-refractivity contribution in [2.24, 2.45) is 0 Å². The van der Waals surface area contributed by atoms with Crippen LogP contribution in [0.3, 0.4) is 0 Å². The van der Waals surface area contributed by atoms with Crippen LogP contribution in [0, 0.1) is 0 Å². The van der Waals surface area contributed by atoms with Crippen molar-refractivity contribution >= 4 is 0 Å². The standard InChI is InChI=1S/C8H16NO/c1-3-9(4-2)5-7-10-8-6-9/h5,7H,3-4,6,8H2,1-2H3/q+1. The van der Waals surface area contributed by atoms with E-state index >= 15 is 0 Å². The molecule has 0 saturated heterocycles. The summed E-state index contributed by atoms with van der Waals surface area (Å²) in [6.45, 7) is 8.80. The molecule has 0 saturated carbocycles. The van der Waals surface area contributed by atoms with Crippen LogP contribution in [0.15, 0.2) is 12.5 Å².